The summed E-state index contributed by atoms with van der Waals surface area (Å²) in [5.74, 6) is 0. The van der Waals surface area contributed by atoms with Gasteiger partial charge < -0.3 is 0 Å². The molecule has 80 valence electrons. The van der Waals surface area contributed by atoms with Crippen LogP contribution in [0.3, 0.4) is 0 Å². The molecule has 0 aromatic heterocycles. The van der Waals surface area contributed by atoms with Crippen LogP contribution in [0.4, 0.5) is 0 Å². The molecule has 0 atom stereocenters. The molecule has 0 unspecified atom stereocenters. The highest BCUT2D eigenvalue weighted by atomic mass is 79.9. The second-order valence-corrected chi connectivity index (χ2v) is 4.89. The number of nitriles is 1. The molecule has 0 amide bonds. The summed E-state index contributed by atoms with van der Waals surface area (Å²) in [6, 6.07) is 18.4. The van der Waals surface area contributed by atoms with Crippen LogP contribution in [0.1, 0.15) is 5.56 Å². The molecule has 2 heteroatoms. The van der Waals surface area contributed by atoms with E-state index < -0.39 is 0 Å². The first-order valence-corrected chi connectivity index (χ1v) is 6.09. The third-order valence-electron chi connectivity index (χ3n) is 2.93. The Morgan fingerprint density at radius 2 is 1.47 bits per heavy atom. The quantitative estimate of drug-likeness (QED) is 0.551. The Morgan fingerprint density at radius 1 is 0.824 bits per heavy atom. The Morgan fingerprint density at radius 3 is 2.18 bits per heavy atom. The van der Waals surface area contributed by atoms with Crippen LogP contribution in [0.5, 0.6) is 0 Å². The van der Waals surface area contributed by atoms with Crippen molar-refractivity contribution >= 4 is 37.5 Å². The highest BCUT2D eigenvalue weighted by molar-refractivity contribution is 9.10. The molecular formula is C15H8BrN. The summed E-state index contributed by atoms with van der Waals surface area (Å²) < 4.78 is 1.08. The van der Waals surface area contributed by atoms with E-state index in [-0.39, 0.29) is 0 Å². The van der Waals surface area contributed by atoms with E-state index in [1.54, 1.807) is 0 Å². The van der Waals surface area contributed by atoms with Gasteiger partial charge in [-0.1, -0.05) is 40.2 Å². The fraction of sp³-hybridized carbons (Fsp3) is 0. The predicted octanol–water partition coefficient (Wildman–Crippen LogP) is 4.63. The van der Waals surface area contributed by atoms with Gasteiger partial charge in [0.25, 0.3) is 0 Å². The lowest BCUT2D eigenvalue weighted by atomic mass is 10.0. The van der Waals surface area contributed by atoms with Crippen molar-refractivity contribution in [3.05, 3.63) is 58.6 Å². The molecule has 3 aromatic rings. The van der Waals surface area contributed by atoms with E-state index in [2.05, 4.69) is 46.3 Å². The minimum Gasteiger partial charge on any atom is -0.192 e. The first kappa shape index (κ1) is 10.3. The van der Waals surface area contributed by atoms with Crippen molar-refractivity contribution in [2.45, 2.75) is 0 Å². The standard InChI is InChI=1S/C15H8BrN/c16-13-4-6-15-12(8-13)3-2-11-7-10(9-17)1-5-14(11)15/h1-8H. The van der Waals surface area contributed by atoms with Crippen LogP contribution in [0.2, 0.25) is 0 Å². The number of rotatable bonds is 0. The van der Waals surface area contributed by atoms with Crippen LogP contribution in [0, 0.1) is 11.3 Å². The molecule has 1 nitrogen and oxygen atoms in total. The molecule has 3 rings (SSSR count). The Balaban J connectivity index is 2.45. The van der Waals surface area contributed by atoms with Crippen molar-refractivity contribution in [3.63, 3.8) is 0 Å². The highest BCUT2D eigenvalue weighted by Crippen LogP contribution is 2.28. The summed E-state index contributed by atoms with van der Waals surface area (Å²) in [6.07, 6.45) is 0. The van der Waals surface area contributed by atoms with Gasteiger partial charge in [0.1, 0.15) is 0 Å². The number of benzene rings is 3. The van der Waals surface area contributed by atoms with Crippen molar-refractivity contribution in [2.75, 3.05) is 0 Å². The summed E-state index contributed by atoms with van der Waals surface area (Å²) in [6.45, 7) is 0. The number of hydrogen-bond donors (Lipinski definition) is 0. The maximum absolute atomic E-state index is 8.89. The molecule has 0 aliphatic carbocycles. The molecular weight excluding hydrogens is 274 g/mol. The lowest BCUT2D eigenvalue weighted by molar-refractivity contribution is 1.50. The third kappa shape index (κ3) is 1.69. The van der Waals surface area contributed by atoms with Gasteiger partial charge in [-0.2, -0.15) is 5.26 Å². The van der Waals surface area contributed by atoms with Gasteiger partial charge in [-0.05, 0) is 45.8 Å². The van der Waals surface area contributed by atoms with E-state index in [9.17, 15) is 0 Å². The first-order valence-electron chi connectivity index (χ1n) is 5.30. The van der Waals surface area contributed by atoms with Crippen LogP contribution in [-0.4, -0.2) is 0 Å². The number of nitrogens with zero attached hydrogens (tertiary/aromatic N) is 1. The first-order chi connectivity index (χ1) is 8.28. The average molecular weight is 282 g/mol. The Hall–Kier alpha value is -1.85. The van der Waals surface area contributed by atoms with E-state index in [1.807, 2.05) is 24.3 Å². The Kier molecular flexibility index (Phi) is 2.35. The molecule has 0 radical (unpaired) electrons. The molecule has 17 heavy (non-hydrogen) atoms. The van der Waals surface area contributed by atoms with E-state index in [1.165, 1.54) is 16.2 Å². The van der Waals surface area contributed by atoms with Gasteiger partial charge in [-0.3, -0.25) is 0 Å². The van der Waals surface area contributed by atoms with Crippen LogP contribution < -0.4 is 0 Å². The minimum atomic E-state index is 0.703. The molecule has 0 heterocycles. The molecule has 0 N–H and O–H groups in total. The lowest BCUT2D eigenvalue weighted by Crippen LogP contribution is -1.80. The van der Waals surface area contributed by atoms with Gasteiger partial charge in [0, 0.05) is 4.47 Å². The van der Waals surface area contributed by atoms with Gasteiger partial charge in [-0.25, -0.2) is 0 Å². The van der Waals surface area contributed by atoms with Gasteiger partial charge >= 0.3 is 0 Å². The smallest absolute Gasteiger partial charge is 0.0991 e. The number of halogens is 1. The second-order valence-electron chi connectivity index (χ2n) is 3.98. The van der Waals surface area contributed by atoms with Gasteiger partial charge in [-0.15, -0.1) is 0 Å². The zero-order valence-corrected chi connectivity index (χ0v) is 10.5. The van der Waals surface area contributed by atoms with Crippen molar-refractivity contribution in [2.24, 2.45) is 0 Å². The minimum absolute atomic E-state index is 0.703. The SMILES string of the molecule is N#Cc1ccc2c(ccc3cc(Br)ccc32)c1. The van der Waals surface area contributed by atoms with Gasteiger partial charge in [0.15, 0.2) is 0 Å². The zero-order valence-electron chi connectivity index (χ0n) is 8.94. The summed E-state index contributed by atoms with van der Waals surface area (Å²) in [5.41, 5.74) is 0.703. The topological polar surface area (TPSA) is 23.8 Å². The Labute approximate surface area is 107 Å². The van der Waals surface area contributed by atoms with E-state index in [4.69, 9.17) is 5.26 Å². The molecule has 0 bridgehead atoms. The normalized spacial score (nSPS) is 10.6. The van der Waals surface area contributed by atoms with E-state index in [0.29, 0.717) is 5.56 Å². The molecule has 0 aliphatic rings. The van der Waals surface area contributed by atoms with Crippen LogP contribution in [0.15, 0.2) is 53.0 Å². The Bertz CT molecular complexity index is 769. The lowest BCUT2D eigenvalue weighted by Gasteiger charge is -2.04. The molecule has 0 spiro atoms. The van der Waals surface area contributed by atoms with Crippen molar-refractivity contribution in [1.82, 2.24) is 0 Å². The molecule has 0 saturated carbocycles. The largest absolute Gasteiger partial charge is 0.192 e. The fourth-order valence-corrected chi connectivity index (χ4v) is 2.49. The summed E-state index contributed by atoms with van der Waals surface area (Å²) >= 11 is 3.48. The monoisotopic (exact) mass is 281 g/mol. The fourth-order valence-electron chi connectivity index (χ4n) is 2.11. The summed E-state index contributed by atoms with van der Waals surface area (Å²) in [7, 11) is 0. The van der Waals surface area contributed by atoms with Crippen molar-refractivity contribution in [3.8, 4) is 6.07 Å². The molecule has 0 fully saturated rings. The average Bonchev–Trinajstić information content (AvgIpc) is 2.37. The number of hydrogen-bond acceptors (Lipinski definition) is 1. The van der Waals surface area contributed by atoms with Crippen LogP contribution in [0.25, 0.3) is 21.5 Å². The third-order valence-corrected chi connectivity index (χ3v) is 3.42. The maximum atomic E-state index is 8.89. The van der Waals surface area contributed by atoms with Crippen LogP contribution >= 0.6 is 15.9 Å². The van der Waals surface area contributed by atoms with Gasteiger partial charge in [0.2, 0.25) is 0 Å². The maximum Gasteiger partial charge on any atom is 0.0991 e. The predicted molar refractivity (Wildman–Crippen MR) is 73.9 cm³/mol. The number of fused-ring (bicyclic) bond motifs is 3. The zero-order chi connectivity index (χ0) is 11.8. The highest BCUT2D eigenvalue weighted by Gasteiger charge is 2.01. The molecule has 0 saturated heterocycles. The van der Waals surface area contributed by atoms with E-state index in [0.717, 1.165) is 9.86 Å². The van der Waals surface area contributed by atoms with E-state index >= 15 is 0 Å². The second kappa shape index (κ2) is 3.87. The molecule has 0 aliphatic heterocycles. The van der Waals surface area contributed by atoms with Crippen molar-refractivity contribution < 1.29 is 0 Å². The van der Waals surface area contributed by atoms with Crippen molar-refractivity contribution in [1.29, 1.82) is 5.26 Å². The van der Waals surface area contributed by atoms with Crippen LogP contribution in [-0.2, 0) is 0 Å². The summed E-state index contributed by atoms with van der Waals surface area (Å²) in [4.78, 5) is 0. The van der Waals surface area contributed by atoms with Gasteiger partial charge in [0.05, 0.1) is 11.6 Å². The molecule has 3 aromatic carbocycles. The summed E-state index contributed by atoms with van der Waals surface area (Å²) in [5, 5.41) is 13.6.